The summed E-state index contributed by atoms with van der Waals surface area (Å²) >= 11 is 0. The molecule has 0 N–H and O–H groups in total. The quantitative estimate of drug-likeness (QED) is 0.194. The molecule has 0 fully saturated rings. The van der Waals surface area contributed by atoms with Gasteiger partial charge < -0.3 is 0 Å². The molecule has 2 heterocycles. The molecule has 7 rings (SSSR count). The lowest BCUT2D eigenvalue weighted by Crippen LogP contribution is -1.99. The highest BCUT2D eigenvalue weighted by Crippen LogP contribution is 2.38. The zero-order valence-corrected chi connectivity index (χ0v) is 20.0. The van der Waals surface area contributed by atoms with Crippen molar-refractivity contribution in [2.75, 3.05) is 0 Å². The van der Waals surface area contributed by atoms with Gasteiger partial charge in [-0.2, -0.15) is 0 Å². The van der Waals surface area contributed by atoms with E-state index in [0.717, 1.165) is 18.5 Å². The molecule has 5 aromatic carbocycles. The Morgan fingerprint density at radius 2 is 1.29 bits per heavy atom. The molecule has 0 bridgehead atoms. The molecule has 2 heteroatoms. The topological polar surface area (TPSA) is 17.3 Å². The van der Waals surface area contributed by atoms with Crippen molar-refractivity contribution in [3.63, 3.8) is 0 Å². The van der Waals surface area contributed by atoms with Crippen LogP contribution in [0.2, 0.25) is 0 Å². The van der Waals surface area contributed by atoms with Gasteiger partial charge in [0, 0.05) is 16.3 Å². The van der Waals surface area contributed by atoms with Crippen LogP contribution in [-0.4, -0.2) is 9.38 Å². The van der Waals surface area contributed by atoms with E-state index in [4.69, 9.17) is 4.98 Å². The van der Waals surface area contributed by atoms with Crippen LogP contribution in [0.15, 0.2) is 97.2 Å². The van der Waals surface area contributed by atoms with Crippen LogP contribution >= 0.6 is 0 Å². The molecule has 2 aromatic heterocycles. The summed E-state index contributed by atoms with van der Waals surface area (Å²) in [6, 6.07) is 33.3. The zero-order valence-electron chi connectivity index (χ0n) is 20.0. The van der Waals surface area contributed by atoms with Crippen LogP contribution in [0.25, 0.3) is 60.1 Å². The van der Waals surface area contributed by atoms with Crippen molar-refractivity contribution in [3.05, 3.63) is 108 Å². The van der Waals surface area contributed by atoms with Crippen LogP contribution in [-0.2, 0) is 12.8 Å². The van der Waals surface area contributed by atoms with Crippen molar-refractivity contribution >= 4 is 48.9 Å². The number of aryl methyl sites for hydroxylation is 2. The summed E-state index contributed by atoms with van der Waals surface area (Å²) in [4.78, 5) is 5.02. The predicted octanol–water partition coefficient (Wildman–Crippen LogP) is 8.74. The average molecular weight is 451 g/mol. The molecule has 0 saturated heterocycles. The van der Waals surface area contributed by atoms with Crippen molar-refractivity contribution in [3.8, 4) is 11.3 Å². The number of imidazole rings is 1. The van der Waals surface area contributed by atoms with E-state index in [1.54, 1.807) is 0 Å². The Morgan fingerprint density at radius 3 is 2.06 bits per heavy atom. The first-order valence-corrected chi connectivity index (χ1v) is 12.5. The first-order valence-electron chi connectivity index (χ1n) is 12.5. The van der Waals surface area contributed by atoms with Gasteiger partial charge in [0.1, 0.15) is 5.65 Å². The van der Waals surface area contributed by atoms with Crippen molar-refractivity contribution in [1.29, 1.82) is 0 Å². The molecule has 0 aliphatic rings. The number of pyridine rings is 1. The van der Waals surface area contributed by atoms with Crippen molar-refractivity contribution in [2.45, 2.75) is 26.7 Å². The molecule has 0 aliphatic heterocycles. The van der Waals surface area contributed by atoms with E-state index in [2.05, 4.69) is 115 Å². The number of fused-ring (bicyclic) bond motifs is 9. The minimum Gasteiger partial charge on any atom is -0.292 e. The van der Waals surface area contributed by atoms with Gasteiger partial charge in [0.2, 0.25) is 0 Å². The van der Waals surface area contributed by atoms with Gasteiger partial charge in [-0.25, -0.2) is 4.98 Å². The molecular formula is C33H26N2. The molecule has 0 unspecified atom stereocenters. The highest BCUT2D eigenvalue weighted by atomic mass is 15.0. The van der Waals surface area contributed by atoms with Crippen LogP contribution in [0.3, 0.4) is 0 Å². The number of benzene rings is 5. The predicted molar refractivity (Wildman–Crippen MR) is 149 cm³/mol. The average Bonchev–Trinajstić information content (AvgIpc) is 3.37. The molecule has 0 atom stereocenters. The molecule has 0 radical (unpaired) electrons. The molecule has 2 nitrogen and oxygen atoms in total. The summed E-state index contributed by atoms with van der Waals surface area (Å²) in [5.41, 5.74) is 7.50. The standard InChI is InChI=1S/C33H26N2/c1-3-21-11-9-12-22(4-2)32(21)31-20-34-33-27-15-8-7-14-26(27)29-19-28-24(18-30(29)35(31)33)17-16-23-10-5-6-13-25(23)28/h5-20H,3-4H2,1-2H3. The van der Waals surface area contributed by atoms with E-state index in [0.29, 0.717) is 0 Å². The summed E-state index contributed by atoms with van der Waals surface area (Å²) in [5, 5.41) is 8.84. The Labute approximate surface area is 204 Å². The molecule has 0 saturated carbocycles. The fourth-order valence-electron chi connectivity index (χ4n) is 5.89. The van der Waals surface area contributed by atoms with E-state index in [1.807, 2.05) is 0 Å². The molecule has 35 heavy (non-hydrogen) atoms. The maximum atomic E-state index is 5.02. The van der Waals surface area contributed by atoms with Gasteiger partial charge >= 0.3 is 0 Å². The highest BCUT2D eigenvalue weighted by Gasteiger charge is 2.18. The summed E-state index contributed by atoms with van der Waals surface area (Å²) in [5.74, 6) is 0. The second-order valence-electron chi connectivity index (χ2n) is 9.38. The minimum atomic E-state index is 0.997. The number of rotatable bonds is 3. The second kappa shape index (κ2) is 7.68. The third-order valence-electron chi connectivity index (χ3n) is 7.58. The monoisotopic (exact) mass is 450 g/mol. The van der Waals surface area contributed by atoms with Gasteiger partial charge in [-0.05, 0) is 63.0 Å². The third-order valence-corrected chi connectivity index (χ3v) is 7.58. The van der Waals surface area contributed by atoms with Crippen molar-refractivity contribution < 1.29 is 0 Å². The summed E-state index contributed by atoms with van der Waals surface area (Å²) in [6.45, 7) is 4.49. The Hall–Kier alpha value is -4.17. The lowest BCUT2D eigenvalue weighted by molar-refractivity contribution is 1.08. The largest absolute Gasteiger partial charge is 0.292 e. The summed E-state index contributed by atoms with van der Waals surface area (Å²) in [7, 11) is 0. The van der Waals surface area contributed by atoms with E-state index < -0.39 is 0 Å². The van der Waals surface area contributed by atoms with Crippen LogP contribution in [0.1, 0.15) is 25.0 Å². The Kier molecular flexibility index (Phi) is 4.44. The zero-order chi connectivity index (χ0) is 23.5. The number of hydrogen-bond acceptors (Lipinski definition) is 1. The van der Waals surface area contributed by atoms with Crippen LogP contribution < -0.4 is 0 Å². The highest BCUT2D eigenvalue weighted by molar-refractivity contribution is 6.19. The third kappa shape index (κ3) is 2.86. The maximum absolute atomic E-state index is 5.02. The normalized spacial score (nSPS) is 11.9. The molecule has 7 aromatic rings. The van der Waals surface area contributed by atoms with Gasteiger partial charge in [-0.1, -0.05) is 92.7 Å². The van der Waals surface area contributed by atoms with E-state index >= 15 is 0 Å². The van der Waals surface area contributed by atoms with Crippen molar-refractivity contribution in [1.82, 2.24) is 9.38 Å². The number of aromatic nitrogens is 2. The fraction of sp³-hybridized carbons (Fsp3) is 0.121. The fourth-order valence-corrected chi connectivity index (χ4v) is 5.89. The number of hydrogen-bond donors (Lipinski definition) is 0. The second-order valence-corrected chi connectivity index (χ2v) is 9.38. The van der Waals surface area contributed by atoms with E-state index in [9.17, 15) is 0 Å². The van der Waals surface area contributed by atoms with Gasteiger partial charge in [0.15, 0.2) is 0 Å². The van der Waals surface area contributed by atoms with Gasteiger partial charge in [-0.3, -0.25) is 4.40 Å². The summed E-state index contributed by atoms with van der Waals surface area (Å²) < 4.78 is 2.40. The van der Waals surface area contributed by atoms with Crippen LogP contribution in [0.4, 0.5) is 0 Å². The SMILES string of the molecule is CCc1cccc(CC)c1-c1cnc2c3ccccc3c3cc4c(ccc5ccccc54)cc3n12. The molecule has 168 valence electrons. The molecule has 0 spiro atoms. The summed E-state index contributed by atoms with van der Waals surface area (Å²) in [6.07, 6.45) is 4.08. The van der Waals surface area contributed by atoms with E-state index in [1.165, 1.54) is 65.6 Å². The maximum Gasteiger partial charge on any atom is 0.145 e. The lowest BCUT2D eigenvalue weighted by Gasteiger charge is -2.16. The number of nitrogens with zero attached hydrogens (tertiary/aromatic N) is 2. The van der Waals surface area contributed by atoms with Crippen molar-refractivity contribution in [2.24, 2.45) is 0 Å². The van der Waals surface area contributed by atoms with Crippen LogP contribution in [0, 0.1) is 0 Å². The Balaban J connectivity index is 1.71. The van der Waals surface area contributed by atoms with Gasteiger partial charge in [0.05, 0.1) is 17.4 Å². The first-order chi connectivity index (χ1) is 17.3. The molecular weight excluding hydrogens is 424 g/mol. The van der Waals surface area contributed by atoms with E-state index in [-0.39, 0.29) is 0 Å². The van der Waals surface area contributed by atoms with Gasteiger partial charge in [0.25, 0.3) is 0 Å². The minimum absolute atomic E-state index is 0.997. The smallest absolute Gasteiger partial charge is 0.145 e. The molecule has 0 aliphatic carbocycles. The van der Waals surface area contributed by atoms with Gasteiger partial charge in [-0.15, -0.1) is 0 Å². The Morgan fingerprint density at radius 1 is 0.600 bits per heavy atom. The Bertz CT molecular complexity index is 1900. The van der Waals surface area contributed by atoms with Crippen LogP contribution in [0.5, 0.6) is 0 Å². The first kappa shape index (κ1) is 20.2. The lowest BCUT2D eigenvalue weighted by atomic mass is 9.94. The molecule has 0 amide bonds.